The Balaban J connectivity index is 2.27. The van der Waals surface area contributed by atoms with Gasteiger partial charge in [0.05, 0.1) is 13.0 Å². The second-order valence-electron chi connectivity index (χ2n) is 7.28. The van der Waals surface area contributed by atoms with Gasteiger partial charge in [0, 0.05) is 26.7 Å². The Morgan fingerprint density at radius 1 is 1.27 bits per heavy atom. The van der Waals surface area contributed by atoms with Gasteiger partial charge in [-0.25, -0.2) is 0 Å². The molecule has 1 fully saturated rings. The molecule has 0 amide bonds. The van der Waals surface area contributed by atoms with Crippen LogP contribution in [0.2, 0.25) is 0 Å². The normalized spacial score (nSPS) is 17.5. The fourth-order valence-corrected chi connectivity index (χ4v) is 2.81. The third kappa shape index (κ3) is 6.67. The number of nitrogens with zero attached hydrogens (tertiary/aromatic N) is 2. The molecule has 5 heteroatoms. The van der Waals surface area contributed by atoms with Crippen molar-refractivity contribution >= 4 is 11.9 Å². The average Bonchev–Trinajstić information content (AvgIpc) is 2.49. The molecule has 0 unspecified atom stereocenters. The fourth-order valence-electron chi connectivity index (χ4n) is 2.81. The maximum atomic E-state index is 11.6. The number of hydrogen-bond acceptors (Lipinski definition) is 3. The monoisotopic (exact) mass is 311 g/mol. The molecule has 0 radical (unpaired) electrons. The molecule has 1 N–H and O–H groups in total. The van der Waals surface area contributed by atoms with E-state index in [1.807, 2.05) is 7.05 Å². The largest absolute Gasteiger partial charge is 0.469 e. The van der Waals surface area contributed by atoms with Crippen molar-refractivity contribution in [3.8, 4) is 0 Å². The third-order valence-corrected chi connectivity index (χ3v) is 4.18. The Kier molecular flexibility index (Phi) is 7.69. The number of nitrogens with one attached hydrogen (secondary N) is 1. The van der Waals surface area contributed by atoms with Crippen LogP contribution in [0.5, 0.6) is 0 Å². The summed E-state index contributed by atoms with van der Waals surface area (Å²) in [6.45, 7) is 9.53. The van der Waals surface area contributed by atoms with Crippen molar-refractivity contribution in [2.24, 2.45) is 16.3 Å². The van der Waals surface area contributed by atoms with Gasteiger partial charge >= 0.3 is 5.97 Å². The van der Waals surface area contributed by atoms with Crippen molar-refractivity contribution in [2.75, 3.05) is 33.8 Å². The lowest BCUT2D eigenvalue weighted by molar-refractivity contribution is -0.146. The van der Waals surface area contributed by atoms with E-state index in [1.165, 1.54) is 20.0 Å². The van der Waals surface area contributed by atoms with E-state index >= 15 is 0 Å². The molecule has 1 aliphatic heterocycles. The number of ether oxygens (including phenoxy) is 1. The molecule has 0 aromatic carbocycles. The average molecular weight is 311 g/mol. The molecule has 1 aliphatic rings. The number of rotatable bonds is 5. The highest BCUT2D eigenvalue weighted by Gasteiger charge is 2.26. The number of methoxy groups -OCH3 is 1. The Morgan fingerprint density at radius 2 is 1.91 bits per heavy atom. The van der Waals surface area contributed by atoms with E-state index in [2.05, 4.69) is 36.0 Å². The maximum absolute atomic E-state index is 11.6. The lowest BCUT2D eigenvalue weighted by Gasteiger charge is -2.33. The molecule has 5 nitrogen and oxygen atoms in total. The van der Waals surface area contributed by atoms with E-state index in [9.17, 15) is 4.79 Å². The number of hydrogen-bond donors (Lipinski definition) is 1. The van der Waals surface area contributed by atoms with Gasteiger partial charge in [0.15, 0.2) is 5.96 Å². The van der Waals surface area contributed by atoms with Gasteiger partial charge in [-0.1, -0.05) is 27.2 Å². The van der Waals surface area contributed by atoms with Crippen molar-refractivity contribution in [3.63, 3.8) is 0 Å². The molecule has 0 spiro atoms. The highest BCUT2D eigenvalue weighted by Crippen LogP contribution is 2.21. The molecular weight excluding hydrogens is 278 g/mol. The zero-order valence-electron chi connectivity index (χ0n) is 14.9. The number of aliphatic imine (C=N–C) groups is 1. The number of carbonyl (C=O) groups is 1. The van der Waals surface area contributed by atoms with E-state index in [4.69, 9.17) is 4.74 Å². The lowest BCUT2D eigenvalue weighted by Crippen LogP contribution is -2.46. The first-order chi connectivity index (χ1) is 10.4. The summed E-state index contributed by atoms with van der Waals surface area (Å²) in [6.07, 6.45) is 5.33. The van der Waals surface area contributed by atoms with Crippen LogP contribution in [0.3, 0.4) is 0 Å². The molecule has 1 rings (SSSR count). The molecule has 128 valence electrons. The van der Waals surface area contributed by atoms with Gasteiger partial charge in [-0.3, -0.25) is 9.79 Å². The molecule has 22 heavy (non-hydrogen) atoms. The van der Waals surface area contributed by atoms with E-state index < -0.39 is 0 Å². The van der Waals surface area contributed by atoms with Crippen molar-refractivity contribution in [2.45, 2.75) is 52.9 Å². The standard InChI is InChI=1S/C17H33N3O2/c1-17(2,3)10-6-7-11-19-16(18-4)20-12-8-14(9-13-20)15(21)22-5/h14H,6-13H2,1-5H3,(H,18,19). The molecule has 0 aliphatic carbocycles. The van der Waals surface area contributed by atoms with Crippen molar-refractivity contribution in [1.82, 2.24) is 10.2 Å². The molecule has 1 heterocycles. The summed E-state index contributed by atoms with van der Waals surface area (Å²) >= 11 is 0. The third-order valence-electron chi connectivity index (χ3n) is 4.18. The zero-order chi connectivity index (χ0) is 16.6. The number of likely N-dealkylation sites (tertiary alicyclic amines) is 1. The maximum Gasteiger partial charge on any atom is 0.308 e. The van der Waals surface area contributed by atoms with Crippen LogP contribution >= 0.6 is 0 Å². The van der Waals surface area contributed by atoms with Gasteiger partial charge in [0.2, 0.25) is 0 Å². The molecule has 0 aromatic heterocycles. The minimum atomic E-state index is -0.0789. The van der Waals surface area contributed by atoms with E-state index in [0.717, 1.165) is 44.9 Å². The number of carbonyl (C=O) groups excluding carboxylic acids is 1. The fraction of sp³-hybridized carbons (Fsp3) is 0.882. The van der Waals surface area contributed by atoms with Crippen LogP contribution in [-0.2, 0) is 9.53 Å². The van der Waals surface area contributed by atoms with Gasteiger partial charge in [-0.2, -0.15) is 0 Å². The van der Waals surface area contributed by atoms with E-state index in [-0.39, 0.29) is 11.9 Å². The van der Waals surface area contributed by atoms with Crippen molar-refractivity contribution in [3.05, 3.63) is 0 Å². The Morgan fingerprint density at radius 3 is 2.41 bits per heavy atom. The van der Waals surface area contributed by atoms with Gasteiger partial charge in [-0.15, -0.1) is 0 Å². The molecule has 0 bridgehead atoms. The number of guanidine groups is 1. The van der Waals surface area contributed by atoms with Crippen LogP contribution in [-0.4, -0.2) is 50.6 Å². The summed E-state index contributed by atoms with van der Waals surface area (Å²) < 4.78 is 4.83. The summed E-state index contributed by atoms with van der Waals surface area (Å²) in [5.41, 5.74) is 0.414. The second-order valence-corrected chi connectivity index (χ2v) is 7.28. The smallest absolute Gasteiger partial charge is 0.308 e. The van der Waals surface area contributed by atoms with Gasteiger partial charge in [0.1, 0.15) is 0 Å². The number of unbranched alkanes of at least 4 members (excludes halogenated alkanes) is 1. The van der Waals surface area contributed by atoms with E-state index in [0.29, 0.717) is 5.41 Å². The summed E-state index contributed by atoms with van der Waals surface area (Å²) in [7, 11) is 3.29. The Bertz CT molecular complexity index is 367. The summed E-state index contributed by atoms with van der Waals surface area (Å²) in [4.78, 5) is 18.2. The predicted molar refractivity (Wildman–Crippen MR) is 91.0 cm³/mol. The first kappa shape index (κ1) is 18.8. The van der Waals surface area contributed by atoms with Crippen molar-refractivity contribution in [1.29, 1.82) is 0 Å². The van der Waals surface area contributed by atoms with Crippen LogP contribution in [0.15, 0.2) is 4.99 Å². The van der Waals surface area contributed by atoms with Gasteiger partial charge < -0.3 is 15.0 Å². The number of piperidine rings is 1. The van der Waals surface area contributed by atoms with Gasteiger partial charge in [0.25, 0.3) is 0 Å². The first-order valence-corrected chi connectivity index (χ1v) is 8.41. The van der Waals surface area contributed by atoms with Crippen LogP contribution in [0.4, 0.5) is 0 Å². The Hall–Kier alpha value is -1.26. The lowest BCUT2D eigenvalue weighted by atomic mass is 9.90. The zero-order valence-corrected chi connectivity index (χ0v) is 14.9. The summed E-state index contributed by atoms with van der Waals surface area (Å²) in [6, 6.07) is 0. The SMILES string of the molecule is CN=C(NCCCCC(C)(C)C)N1CCC(C(=O)OC)CC1. The molecular formula is C17H33N3O2. The van der Waals surface area contributed by atoms with Crippen LogP contribution in [0.25, 0.3) is 0 Å². The number of esters is 1. The minimum Gasteiger partial charge on any atom is -0.469 e. The van der Waals surface area contributed by atoms with E-state index in [1.54, 1.807) is 0 Å². The van der Waals surface area contributed by atoms with Gasteiger partial charge in [-0.05, 0) is 31.1 Å². The summed E-state index contributed by atoms with van der Waals surface area (Å²) in [5.74, 6) is 0.926. The van der Waals surface area contributed by atoms with Crippen LogP contribution in [0.1, 0.15) is 52.9 Å². The highest BCUT2D eigenvalue weighted by molar-refractivity contribution is 5.80. The molecule has 0 atom stereocenters. The molecule has 1 saturated heterocycles. The topological polar surface area (TPSA) is 53.9 Å². The molecule has 0 aromatic rings. The van der Waals surface area contributed by atoms with Crippen molar-refractivity contribution < 1.29 is 9.53 Å². The Labute approximate surface area is 135 Å². The summed E-state index contributed by atoms with van der Waals surface area (Å²) in [5, 5.41) is 3.44. The quantitative estimate of drug-likeness (QED) is 0.367. The first-order valence-electron chi connectivity index (χ1n) is 8.41. The highest BCUT2D eigenvalue weighted by atomic mass is 16.5. The molecule has 0 saturated carbocycles. The van der Waals surface area contributed by atoms with Crippen LogP contribution in [0, 0.1) is 11.3 Å². The second kappa shape index (κ2) is 9.01. The predicted octanol–water partition coefficient (Wildman–Crippen LogP) is 2.66. The van der Waals surface area contributed by atoms with Crippen LogP contribution < -0.4 is 5.32 Å². The minimum absolute atomic E-state index is 0.0474.